The van der Waals surface area contributed by atoms with Gasteiger partial charge in [0.2, 0.25) is 0 Å². The summed E-state index contributed by atoms with van der Waals surface area (Å²) in [7, 11) is 0. The number of benzene rings is 2. The molecule has 0 unspecified atom stereocenters. The number of hydrogen-bond acceptors (Lipinski definition) is 3. The molecule has 0 heterocycles. The number of nitrogens with zero attached hydrogens (tertiary/aromatic N) is 1. The van der Waals surface area contributed by atoms with Crippen LogP contribution in [0.4, 0.5) is 4.39 Å². The maximum absolute atomic E-state index is 13.7. The maximum Gasteiger partial charge on any atom is 0.167 e. The van der Waals surface area contributed by atoms with Gasteiger partial charge in [0.05, 0.1) is 16.1 Å². The summed E-state index contributed by atoms with van der Waals surface area (Å²) in [5, 5.41) is 8.65. The zero-order valence-electron chi connectivity index (χ0n) is 9.56. The Morgan fingerprint density at radius 3 is 2.53 bits per heavy atom. The van der Waals surface area contributed by atoms with Gasteiger partial charge in [-0.15, -0.1) is 0 Å². The predicted octanol–water partition coefficient (Wildman–Crippen LogP) is 4.06. The van der Waals surface area contributed by atoms with E-state index in [-0.39, 0.29) is 11.3 Å². The van der Waals surface area contributed by atoms with Crippen LogP contribution in [0.1, 0.15) is 15.9 Å². The summed E-state index contributed by atoms with van der Waals surface area (Å²) in [6.07, 6.45) is 0.705. The average Bonchev–Trinajstić information content (AvgIpc) is 2.42. The molecule has 94 valence electrons. The van der Waals surface area contributed by atoms with Crippen LogP contribution in [0.2, 0.25) is 0 Å². The van der Waals surface area contributed by atoms with Gasteiger partial charge in [-0.05, 0) is 52.3 Å². The molecule has 2 rings (SSSR count). The van der Waals surface area contributed by atoms with Crippen LogP contribution in [0, 0.1) is 17.1 Å². The first kappa shape index (κ1) is 13.2. The average molecular weight is 320 g/mol. The van der Waals surface area contributed by atoms with Crippen molar-refractivity contribution in [1.29, 1.82) is 5.26 Å². The Hall–Kier alpha value is -2.19. The second-order valence-corrected chi connectivity index (χ2v) is 4.52. The number of ether oxygens (including phenoxy) is 1. The highest BCUT2D eigenvalue weighted by atomic mass is 79.9. The molecule has 0 fully saturated rings. The van der Waals surface area contributed by atoms with Crippen LogP contribution < -0.4 is 4.74 Å². The molecule has 0 amide bonds. The third-order valence-corrected chi connectivity index (χ3v) is 2.99. The molecule has 2 aromatic rings. The standard InChI is InChI=1S/C14H7BrFNO2/c15-11-5-10(8-18)2-3-13(11)19-14-4-1-9(7-17)6-12(14)16/h1-6,8H. The molecule has 2 aromatic carbocycles. The van der Waals surface area contributed by atoms with E-state index in [1.54, 1.807) is 18.2 Å². The van der Waals surface area contributed by atoms with Gasteiger partial charge in [-0.25, -0.2) is 4.39 Å². The molecular formula is C14H7BrFNO2. The van der Waals surface area contributed by atoms with E-state index in [1.807, 2.05) is 6.07 Å². The second-order valence-electron chi connectivity index (χ2n) is 3.67. The third kappa shape index (κ3) is 2.98. The first-order valence-electron chi connectivity index (χ1n) is 5.26. The van der Waals surface area contributed by atoms with Crippen molar-refractivity contribution < 1.29 is 13.9 Å². The van der Waals surface area contributed by atoms with Gasteiger partial charge >= 0.3 is 0 Å². The van der Waals surface area contributed by atoms with E-state index in [0.717, 1.165) is 6.07 Å². The van der Waals surface area contributed by atoms with E-state index >= 15 is 0 Å². The van der Waals surface area contributed by atoms with Crippen LogP contribution in [-0.4, -0.2) is 6.29 Å². The fourth-order valence-electron chi connectivity index (χ4n) is 1.44. The van der Waals surface area contributed by atoms with Crippen molar-refractivity contribution in [2.45, 2.75) is 0 Å². The van der Waals surface area contributed by atoms with Crippen LogP contribution in [0.3, 0.4) is 0 Å². The highest BCUT2D eigenvalue weighted by molar-refractivity contribution is 9.10. The van der Waals surface area contributed by atoms with E-state index in [4.69, 9.17) is 10.00 Å². The molecule has 0 saturated heterocycles. The van der Waals surface area contributed by atoms with Crippen molar-refractivity contribution in [3.8, 4) is 17.6 Å². The Morgan fingerprint density at radius 2 is 1.95 bits per heavy atom. The molecule has 0 atom stereocenters. The van der Waals surface area contributed by atoms with E-state index in [1.165, 1.54) is 12.1 Å². The zero-order chi connectivity index (χ0) is 13.8. The zero-order valence-corrected chi connectivity index (χ0v) is 11.1. The SMILES string of the molecule is N#Cc1ccc(Oc2ccc(C=O)cc2Br)c(F)c1. The summed E-state index contributed by atoms with van der Waals surface area (Å²) in [6, 6.07) is 10.5. The number of hydrogen-bond donors (Lipinski definition) is 0. The fraction of sp³-hybridized carbons (Fsp3) is 0. The number of nitriles is 1. The monoisotopic (exact) mass is 319 g/mol. The lowest BCUT2D eigenvalue weighted by molar-refractivity contribution is 0.112. The van der Waals surface area contributed by atoms with Gasteiger partial charge in [0.15, 0.2) is 11.6 Å². The number of rotatable bonds is 3. The summed E-state index contributed by atoms with van der Waals surface area (Å²) >= 11 is 3.24. The van der Waals surface area contributed by atoms with Gasteiger partial charge in [-0.3, -0.25) is 4.79 Å². The maximum atomic E-state index is 13.7. The lowest BCUT2D eigenvalue weighted by Crippen LogP contribution is -1.91. The topological polar surface area (TPSA) is 50.1 Å². The van der Waals surface area contributed by atoms with Gasteiger partial charge in [0, 0.05) is 5.56 Å². The summed E-state index contributed by atoms with van der Waals surface area (Å²) < 4.78 is 19.6. The van der Waals surface area contributed by atoms with Gasteiger partial charge < -0.3 is 4.74 Å². The largest absolute Gasteiger partial charge is 0.453 e. The third-order valence-electron chi connectivity index (χ3n) is 2.37. The summed E-state index contributed by atoms with van der Waals surface area (Å²) in [4.78, 5) is 10.6. The quantitative estimate of drug-likeness (QED) is 0.801. The van der Waals surface area contributed by atoms with Crippen molar-refractivity contribution in [3.05, 3.63) is 57.8 Å². The minimum atomic E-state index is -0.620. The smallest absolute Gasteiger partial charge is 0.167 e. The molecule has 0 aliphatic rings. The minimum absolute atomic E-state index is 0.0125. The Bertz CT molecular complexity index is 680. The van der Waals surface area contributed by atoms with Crippen LogP contribution in [0.25, 0.3) is 0 Å². The summed E-state index contributed by atoms with van der Waals surface area (Å²) in [6.45, 7) is 0. The highest BCUT2D eigenvalue weighted by Crippen LogP contribution is 2.31. The van der Waals surface area contributed by atoms with E-state index < -0.39 is 5.82 Å². The molecule has 5 heteroatoms. The Labute approximate surface area is 117 Å². The normalized spacial score (nSPS) is 9.74. The molecule has 0 aromatic heterocycles. The van der Waals surface area contributed by atoms with Crippen molar-refractivity contribution >= 4 is 22.2 Å². The van der Waals surface area contributed by atoms with Crippen LogP contribution in [0.5, 0.6) is 11.5 Å². The van der Waals surface area contributed by atoms with E-state index in [2.05, 4.69) is 15.9 Å². The van der Waals surface area contributed by atoms with Crippen molar-refractivity contribution in [1.82, 2.24) is 0 Å². The molecule has 0 N–H and O–H groups in total. The molecule has 0 bridgehead atoms. The first-order chi connectivity index (χ1) is 9.13. The van der Waals surface area contributed by atoms with Gasteiger partial charge in [0.1, 0.15) is 12.0 Å². The molecule has 0 saturated carbocycles. The molecule has 3 nitrogen and oxygen atoms in total. The van der Waals surface area contributed by atoms with Gasteiger partial charge in [0.25, 0.3) is 0 Å². The van der Waals surface area contributed by atoms with Crippen LogP contribution in [0.15, 0.2) is 40.9 Å². The Balaban J connectivity index is 2.31. The summed E-state index contributed by atoms with van der Waals surface area (Å²) in [5.74, 6) is -0.224. The van der Waals surface area contributed by atoms with E-state index in [0.29, 0.717) is 22.1 Å². The molecule has 0 spiro atoms. The number of carbonyl (C=O) groups is 1. The van der Waals surface area contributed by atoms with Crippen LogP contribution >= 0.6 is 15.9 Å². The van der Waals surface area contributed by atoms with Crippen molar-refractivity contribution in [2.24, 2.45) is 0 Å². The van der Waals surface area contributed by atoms with Gasteiger partial charge in [-0.1, -0.05) is 0 Å². The number of aldehydes is 1. The first-order valence-corrected chi connectivity index (χ1v) is 6.05. The lowest BCUT2D eigenvalue weighted by Gasteiger charge is -2.09. The molecule has 19 heavy (non-hydrogen) atoms. The highest BCUT2D eigenvalue weighted by Gasteiger charge is 2.09. The second kappa shape index (κ2) is 5.63. The Kier molecular flexibility index (Phi) is 3.93. The molecular weight excluding hydrogens is 313 g/mol. The molecule has 0 aliphatic carbocycles. The Morgan fingerprint density at radius 1 is 1.21 bits per heavy atom. The molecule has 0 aliphatic heterocycles. The van der Waals surface area contributed by atoms with Crippen molar-refractivity contribution in [3.63, 3.8) is 0 Å². The number of carbonyl (C=O) groups excluding carboxylic acids is 1. The van der Waals surface area contributed by atoms with E-state index in [9.17, 15) is 9.18 Å². The number of halogens is 2. The summed E-state index contributed by atoms with van der Waals surface area (Å²) in [5.41, 5.74) is 0.708. The lowest BCUT2D eigenvalue weighted by atomic mass is 10.2. The minimum Gasteiger partial charge on any atom is -0.453 e. The van der Waals surface area contributed by atoms with Crippen LogP contribution in [-0.2, 0) is 0 Å². The predicted molar refractivity (Wildman–Crippen MR) is 70.7 cm³/mol. The molecule has 0 radical (unpaired) electrons. The fourth-order valence-corrected chi connectivity index (χ4v) is 1.92. The van der Waals surface area contributed by atoms with Gasteiger partial charge in [-0.2, -0.15) is 5.26 Å². The van der Waals surface area contributed by atoms with Crippen molar-refractivity contribution in [2.75, 3.05) is 0 Å².